The van der Waals surface area contributed by atoms with Crippen molar-refractivity contribution >= 4 is 17.8 Å². The summed E-state index contributed by atoms with van der Waals surface area (Å²) in [6.45, 7) is 3.07. The van der Waals surface area contributed by atoms with Crippen molar-refractivity contribution in [2.75, 3.05) is 32.8 Å². The van der Waals surface area contributed by atoms with Gasteiger partial charge in [-0.1, -0.05) is 0 Å². The molecule has 1 N–H and O–H groups in total. The maximum absolute atomic E-state index is 12.9. The number of ether oxygens (including phenoxy) is 2. The molecule has 0 saturated carbocycles. The number of nitrogens with zero attached hydrogens (tertiary/aromatic N) is 2. The lowest BCUT2D eigenvalue weighted by Gasteiger charge is -2.29. The number of likely N-dealkylation sites (tertiary alicyclic amines) is 1. The van der Waals surface area contributed by atoms with Crippen LogP contribution < -0.4 is 9.47 Å². The van der Waals surface area contributed by atoms with E-state index in [2.05, 4.69) is 0 Å². The molecule has 1 fully saturated rings. The summed E-state index contributed by atoms with van der Waals surface area (Å²) < 4.78 is 11.0. The molecule has 2 aliphatic rings. The Bertz CT molecular complexity index is 735. The number of aliphatic carboxylic acids is 1. The van der Waals surface area contributed by atoms with Gasteiger partial charge in [-0.25, -0.2) is 0 Å². The minimum absolute atomic E-state index is 0.0970. The van der Waals surface area contributed by atoms with Gasteiger partial charge in [-0.05, 0) is 37.5 Å². The number of amides is 2. The molecule has 2 heterocycles. The van der Waals surface area contributed by atoms with Gasteiger partial charge in [0.2, 0.25) is 5.91 Å². The lowest BCUT2D eigenvalue weighted by atomic mass is 10.1. The fraction of sp³-hybridized carbons (Fsp3) is 0.526. The minimum Gasteiger partial charge on any atom is -0.486 e. The average molecular weight is 376 g/mol. The zero-order chi connectivity index (χ0) is 19.4. The van der Waals surface area contributed by atoms with Crippen molar-refractivity contribution in [3.05, 3.63) is 23.8 Å². The highest BCUT2D eigenvalue weighted by Gasteiger charge is 2.28. The van der Waals surface area contributed by atoms with Crippen molar-refractivity contribution in [1.82, 2.24) is 9.80 Å². The van der Waals surface area contributed by atoms with Crippen LogP contribution >= 0.6 is 0 Å². The number of benzene rings is 1. The van der Waals surface area contributed by atoms with Crippen LogP contribution in [0.2, 0.25) is 0 Å². The monoisotopic (exact) mass is 376 g/mol. The molecular formula is C19H24N2O6. The summed E-state index contributed by atoms with van der Waals surface area (Å²) in [6, 6.07) is 5.00. The van der Waals surface area contributed by atoms with Crippen molar-refractivity contribution < 1.29 is 29.0 Å². The van der Waals surface area contributed by atoms with Gasteiger partial charge < -0.3 is 24.4 Å². The highest BCUT2D eigenvalue weighted by atomic mass is 16.6. The van der Waals surface area contributed by atoms with Gasteiger partial charge in [0.15, 0.2) is 11.5 Å². The fourth-order valence-electron chi connectivity index (χ4n) is 3.60. The molecule has 146 valence electrons. The molecular weight excluding hydrogens is 352 g/mol. The Morgan fingerprint density at radius 3 is 2.59 bits per heavy atom. The summed E-state index contributed by atoms with van der Waals surface area (Å²) in [7, 11) is 0. The standard InChI is InChI=1S/C19H24N2O6/c1-13(22)21(12-18(23)24)15-3-2-7-20(8-6-15)19(25)14-4-5-16-17(11-14)27-10-9-26-16/h4-5,11,15H,2-3,6-10,12H2,1H3,(H,23,24)/t15-/m0/s1. The quantitative estimate of drug-likeness (QED) is 0.853. The van der Waals surface area contributed by atoms with E-state index in [0.29, 0.717) is 62.6 Å². The molecule has 1 aromatic carbocycles. The van der Waals surface area contributed by atoms with Crippen LogP contribution in [0.3, 0.4) is 0 Å². The van der Waals surface area contributed by atoms with E-state index in [9.17, 15) is 14.4 Å². The number of carboxylic acid groups (broad SMARTS) is 1. The third kappa shape index (κ3) is 4.50. The molecule has 8 nitrogen and oxygen atoms in total. The van der Waals surface area contributed by atoms with Gasteiger partial charge in [0.25, 0.3) is 5.91 Å². The molecule has 0 unspecified atom stereocenters. The van der Waals surface area contributed by atoms with Crippen LogP contribution in [0.15, 0.2) is 18.2 Å². The molecule has 2 amide bonds. The van der Waals surface area contributed by atoms with Gasteiger partial charge >= 0.3 is 5.97 Å². The molecule has 1 saturated heterocycles. The lowest BCUT2D eigenvalue weighted by Crippen LogP contribution is -2.43. The van der Waals surface area contributed by atoms with Crippen molar-refractivity contribution in [1.29, 1.82) is 0 Å². The largest absolute Gasteiger partial charge is 0.486 e. The molecule has 1 atom stereocenters. The second-order valence-electron chi connectivity index (χ2n) is 6.78. The van der Waals surface area contributed by atoms with Gasteiger partial charge in [-0.2, -0.15) is 0 Å². The van der Waals surface area contributed by atoms with Gasteiger partial charge in [0, 0.05) is 31.6 Å². The molecule has 0 radical (unpaired) electrons. The molecule has 0 aromatic heterocycles. The molecule has 3 rings (SSSR count). The minimum atomic E-state index is -1.03. The molecule has 0 aliphatic carbocycles. The number of carbonyl (C=O) groups is 3. The number of carbonyl (C=O) groups excluding carboxylic acids is 2. The summed E-state index contributed by atoms with van der Waals surface area (Å²) in [5.41, 5.74) is 0.534. The maximum Gasteiger partial charge on any atom is 0.323 e. The SMILES string of the molecule is CC(=O)N(CC(=O)O)[C@H]1CCCN(C(=O)c2ccc3c(c2)OCCO3)CC1. The van der Waals surface area contributed by atoms with Gasteiger partial charge in [-0.15, -0.1) is 0 Å². The average Bonchev–Trinajstić information content (AvgIpc) is 2.91. The number of hydrogen-bond donors (Lipinski definition) is 1. The van der Waals surface area contributed by atoms with E-state index in [1.54, 1.807) is 23.1 Å². The van der Waals surface area contributed by atoms with Gasteiger partial charge in [0.05, 0.1) is 0 Å². The second-order valence-corrected chi connectivity index (χ2v) is 6.78. The van der Waals surface area contributed by atoms with Crippen molar-refractivity contribution in [2.45, 2.75) is 32.2 Å². The van der Waals surface area contributed by atoms with E-state index in [1.807, 2.05) is 0 Å². The number of fused-ring (bicyclic) bond motifs is 1. The predicted octanol–water partition coefficient (Wildman–Crippen LogP) is 1.39. The Hall–Kier alpha value is -2.77. The van der Waals surface area contributed by atoms with Crippen molar-refractivity contribution in [3.63, 3.8) is 0 Å². The highest BCUT2D eigenvalue weighted by Crippen LogP contribution is 2.31. The first-order chi connectivity index (χ1) is 13.0. The van der Waals surface area contributed by atoms with E-state index < -0.39 is 5.97 Å². The first-order valence-electron chi connectivity index (χ1n) is 9.13. The third-order valence-electron chi connectivity index (χ3n) is 4.92. The van der Waals surface area contributed by atoms with Crippen molar-refractivity contribution in [3.8, 4) is 11.5 Å². The van der Waals surface area contributed by atoms with Crippen molar-refractivity contribution in [2.24, 2.45) is 0 Å². The summed E-state index contributed by atoms with van der Waals surface area (Å²) in [6.07, 6.45) is 1.95. The molecule has 27 heavy (non-hydrogen) atoms. The number of carboxylic acids is 1. The molecule has 8 heteroatoms. The zero-order valence-electron chi connectivity index (χ0n) is 15.3. The van der Waals surface area contributed by atoms with Crippen LogP contribution in [0, 0.1) is 0 Å². The zero-order valence-corrected chi connectivity index (χ0v) is 15.3. The third-order valence-corrected chi connectivity index (χ3v) is 4.92. The first kappa shape index (κ1) is 19.0. The van der Waals surface area contributed by atoms with Gasteiger partial charge in [-0.3, -0.25) is 14.4 Å². The highest BCUT2D eigenvalue weighted by molar-refractivity contribution is 5.95. The molecule has 0 bridgehead atoms. The second kappa shape index (κ2) is 8.28. The normalized spacial score (nSPS) is 19.1. The van der Waals surface area contributed by atoms with E-state index in [4.69, 9.17) is 14.6 Å². The topological polar surface area (TPSA) is 96.4 Å². The van der Waals surface area contributed by atoms with Crippen LogP contribution in [0.4, 0.5) is 0 Å². The van der Waals surface area contributed by atoms with Crippen LogP contribution in [-0.4, -0.2) is 71.6 Å². The summed E-state index contributed by atoms with van der Waals surface area (Å²) in [4.78, 5) is 38.9. The Morgan fingerprint density at radius 1 is 1.15 bits per heavy atom. The van der Waals surface area contributed by atoms with Crippen LogP contribution in [0.25, 0.3) is 0 Å². The van der Waals surface area contributed by atoms with E-state index >= 15 is 0 Å². The van der Waals surface area contributed by atoms with E-state index in [-0.39, 0.29) is 24.4 Å². The van der Waals surface area contributed by atoms with Crippen LogP contribution in [-0.2, 0) is 9.59 Å². The summed E-state index contributed by atoms with van der Waals surface area (Å²) in [5, 5.41) is 9.04. The molecule has 0 spiro atoms. The van der Waals surface area contributed by atoms with E-state index in [1.165, 1.54) is 11.8 Å². The van der Waals surface area contributed by atoms with Gasteiger partial charge in [0.1, 0.15) is 19.8 Å². The fourth-order valence-corrected chi connectivity index (χ4v) is 3.60. The van der Waals surface area contributed by atoms with Crippen LogP contribution in [0.5, 0.6) is 11.5 Å². The summed E-state index contributed by atoms with van der Waals surface area (Å²) in [5.74, 6) is -0.170. The smallest absolute Gasteiger partial charge is 0.323 e. The number of hydrogen-bond acceptors (Lipinski definition) is 5. The molecule has 2 aliphatic heterocycles. The predicted molar refractivity (Wildman–Crippen MR) is 96.0 cm³/mol. The summed E-state index contributed by atoms with van der Waals surface area (Å²) >= 11 is 0. The maximum atomic E-state index is 12.9. The Morgan fingerprint density at radius 2 is 1.89 bits per heavy atom. The lowest BCUT2D eigenvalue weighted by molar-refractivity contribution is -0.145. The Labute approximate surface area is 157 Å². The number of rotatable bonds is 4. The Balaban J connectivity index is 1.67. The van der Waals surface area contributed by atoms with Crippen LogP contribution in [0.1, 0.15) is 36.5 Å². The first-order valence-corrected chi connectivity index (χ1v) is 9.13. The van der Waals surface area contributed by atoms with E-state index in [0.717, 1.165) is 0 Å². The molecule has 1 aromatic rings. The Kier molecular flexibility index (Phi) is 5.83.